The fraction of sp³-hybridized carbons (Fsp3) is 0.875. The Labute approximate surface area is 188 Å². The van der Waals surface area contributed by atoms with Gasteiger partial charge in [-0.3, -0.25) is 4.79 Å². The number of hydrogen-bond acceptors (Lipinski definition) is 6. The molecule has 2 aliphatic heterocycles. The van der Waals surface area contributed by atoms with Gasteiger partial charge in [-0.2, -0.15) is 0 Å². The first kappa shape index (κ1) is 21.1. The minimum absolute atomic E-state index is 0.0928. The molecule has 1 N–H and O–H groups in total. The Kier molecular flexibility index (Phi) is 4.30. The molecule has 1 unspecified atom stereocenters. The maximum absolute atomic E-state index is 12.2. The number of halogens is 1. The third-order valence-corrected chi connectivity index (χ3v) is 11.3. The van der Waals surface area contributed by atoms with Gasteiger partial charge in [-0.15, -0.1) is 11.6 Å². The summed E-state index contributed by atoms with van der Waals surface area (Å²) in [6, 6.07) is 0. The fourth-order valence-electron chi connectivity index (χ4n) is 9.01. The zero-order valence-electron chi connectivity index (χ0n) is 18.6. The molecule has 31 heavy (non-hydrogen) atoms. The third kappa shape index (κ3) is 2.17. The number of fused-ring (bicyclic) bond motifs is 7. The van der Waals surface area contributed by atoms with E-state index >= 15 is 0 Å². The predicted molar refractivity (Wildman–Crippen MR) is 112 cm³/mol. The summed E-state index contributed by atoms with van der Waals surface area (Å²) >= 11 is 7.58. The Balaban J connectivity index is 1.47. The summed E-state index contributed by atoms with van der Waals surface area (Å²) < 4.78 is 24.3. The number of alkyl halides is 1. The van der Waals surface area contributed by atoms with Crippen molar-refractivity contribution < 1.29 is 28.8 Å². The van der Waals surface area contributed by atoms with Crippen LogP contribution >= 0.6 is 11.6 Å². The van der Waals surface area contributed by atoms with Crippen molar-refractivity contribution in [2.45, 2.75) is 81.7 Å². The van der Waals surface area contributed by atoms with Gasteiger partial charge < -0.3 is 24.1 Å². The first-order valence-corrected chi connectivity index (χ1v) is 12.1. The summed E-state index contributed by atoms with van der Waals surface area (Å²) in [7, 11) is 0. The van der Waals surface area contributed by atoms with E-state index in [1.165, 1.54) is 0 Å². The summed E-state index contributed by atoms with van der Waals surface area (Å²) in [5.74, 6) is -0.140. The molecule has 0 radical (unpaired) electrons. The third-order valence-electron chi connectivity index (χ3n) is 10.4. The quantitative estimate of drug-likeness (QED) is 0.447. The molecule has 2 spiro atoms. The van der Waals surface area contributed by atoms with Crippen LogP contribution in [0, 0.1) is 28.6 Å². The molecule has 6 nitrogen and oxygen atoms in total. The molecule has 0 amide bonds. The lowest BCUT2D eigenvalue weighted by Crippen LogP contribution is -2.71. The fourth-order valence-corrected chi connectivity index (χ4v) is 9.55. The topological polar surface area (TPSA) is 74.2 Å². The summed E-state index contributed by atoms with van der Waals surface area (Å²) in [6.07, 6.45) is 5.50. The number of aliphatic hydroxyl groups excluding tert-OH is 1. The maximum Gasteiger partial charge on any atom is 0.227 e. The van der Waals surface area contributed by atoms with Gasteiger partial charge in [-0.1, -0.05) is 32.4 Å². The molecule has 3 saturated carbocycles. The Morgan fingerprint density at radius 2 is 1.94 bits per heavy atom. The second-order valence-corrected chi connectivity index (χ2v) is 11.9. The van der Waals surface area contributed by atoms with Crippen LogP contribution < -0.4 is 0 Å². The van der Waals surface area contributed by atoms with Crippen LogP contribution in [0.1, 0.15) is 59.3 Å². The molecule has 9 atom stereocenters. The van der Waals surface area contributed by atoms with Gasteiger partial charge in [0.2, 0.25) is 5.79 Å². The number of ketones is 1. The number of carbonyl (C=O) groups excluding carboxylic acids is 1. The van der Waals surface area contributed by atoms with Gasteiger partial charge in [-0.05, 0) is 43.4 Å². The predicted octanol–water partition coefficient (Wildman–Crippen LogP) is 3.54. The van der Waals surface area contributed by atoms with Gasteiger partial charge in [0.25, 0.3) is 0 Å². The van der Waals surface area contributed by atoms with E-state index in [9.17, 15) is 9.90 Å². The highest BCUT2D eigenvalue weighted by Gasteiger charge is 2.80. The monoisotopic (exact) mass is 452 g/mol. The van der Waals surface area contributed by atoms with Crippen LogP contribution in [0.2, 0.25) is 0 Å². The van der Waals surface area contributed by atoms with Crippen molar-refractivity contribution in [2.75, 3.05) is 20.2 Å². The smallest absolute Gasteiger partial charge is 0.227 e. The minimum Gasteiger partial charge on any atom is -0.391 e. The van der Waals surface area contributed by atoms with E-state index in [0.717, 1.165) is 18.4 Å². The second kappa shape index (κ2) is 6.34. The van der Waals surface area contributed by atoms with Gasteiger partial charge in [0.05, 0.1) is 11.0 Å². The molecule has 0 aromatic rings. The second-order valence-electron chi connectivity index (χ2n) is 11.3. The summed E-state index contributed by atoms with van der Waals surface area (Å²) in [5.41, 5.74) is -0.301. The molecule has 0 bridgehead atoms. The van der Waals surface area contributed by atoms with Crippen LogP contribution in [-0.4, -0.2) is 53.4 Å². The number of hydrogen-bond donors (Lipinski definition) is 1. The molecule has 5 fully saturated rings. The number of Topliss-reactive ketones (excluding diaryl/α,β-unsaturated/α-hetero) is 1. The van der Waals surface area contributed by atoms with Crippen LogP contribution in [0.4, 0.5) is 0 Å². The highest BCUT2D eigenvalue weighted by Crippen LogP contribution is 2.74. The number of ether oxygens (including phenoxy) is 4. The molecular weight excluding hydrogens is 420 g/mol. The first-order chi connectivity index (χ1) is 14.6. The van der Waals surface area contributed by atoms with E-state index < -0.39 is 22.4 Å². The average Bonchev–Trinajstić information content (AvgIpc) is 3.40. The van der Waals surface area contributed by atoms with Crippen LogP contribution in [-0.2, 0) is 23.7 Å². The zero-order chi connectivity index (χ0) is 21.9. The van der Waals surface area contributed by atoms with E-state index in [2.05, 4.69) is 26.8 Å². The summed E-state index contributed by atoms with van der Waals surface area (Å²) in [4.78, 5) is 11.4. The molecule has 4 aliphatic carbocycles. The highest BCUT2D eigenvalue weighted by molar-refractivity contribution is 6.25. The molecule has 2 saturated heterocycles. The van der Waals surface area contributed by atoms with Crippen LogP contribution in [0.15, 0.2) is 11.6 Å². The number of carbonyl (C=O) groups is 1. The largest absolute Gasteiger partial charge is 0.391 e. The molecule has 2 heterocycles. The summed E-state index contributed by atoms with van der Waals surface area (Å²) in [6.45, 7) is 7.35. The average molecular weight is 453 g/mol. The van der Waals surface area contributed by atoms with Gasteiger partial charge in [-0.25, -0.2) is 0 Å². The van der Waals surface area contributed by atoms with Crippen LogP contribution in [0.5, 0.6) is 0 Å². The first-order valence-electron chi connectivity index (χ1n) is 11.7. The Bertz CT molecular complexity index is 847. The van der Waals surface area contributed by atoms with Gasteiger partial charge in [0, 0.05) is 23.7 Å². The van der Waals surface area contributed by atoms with Crippen LogP contribution in [0.25, 0.3) is 0 Å². The standard InChI is InChI=1S/C24H33ClO6/c1-14-8-18-17-5-4-15-9-16(26)6-7-20(15,2)23(17,25)19(27)10-21(18,3)24(14)22(30-13-31-24)11-28-12-29-22/h4,14,17-19,27H,5-13H2,1-3H3/t14-,17+,18+,19+,20+,21+,22?,23+,24-/m1/s1. The van der Waals surface area contributed by atoms with Crippen molar-refractivity contribution in [2.24, 2.45) is 28.6 Å². The Morgan fingerprint density at radius 3 is 2.68 bits per heavy atom. The van der Waals surface area contributed by atoms with E-state index in [0.29, 0.717) is 32.3 Å². The lowest BCUT2D eigenvalue weighted by Gasteiger charge is -2.65. The van der Waals surface area contributed by atoms with E-state index in [1.807, 2.05) is 0 Å². The van der Waals surface area contributed by atoms with Crippen molar-refractivity contribution in [1.82, 2.24) is 0 Å². The van der Waals surface area contributed by atoms with Crippen molar-refractivity contribution in [3.8, 4) is 0 Å². The van der Waals surface area contributed by atoms with Crippen molar-refractivity contribution in [3.63, 3.8) is 0 Å². The molecular formula is C24H33ClO6. The Hall–Kier alpha value is -0.500. The van der Waals surface area contributed by atoms with Crippen molar-refractivity contribution >= 4 is 17.4 Å². The zero-order valence-corrected chi connectivity index (χ0v) is 19.4. The van der Waals surface area contributed by atoms with Gasteiger partial charge in [0.1, 0.15) is 18.0 Å². The van der Waals surface area contributed by atoms with E-state index in [-0.39, 0.29) is 48.0 Å². The number of rotatable bonds is 0. The van der Waals surface area contributed by atoms with Crippen LogP contribution in [0.3, 0.4) is 0 Å². The minimum atomic E-state index is -0.932. The lowest BCUT2D eigenvalue weighted by molar-refractivity contribution is -0.264. The normalized spacial score (nSPS) is 58.4. The molecule has 7 heteroatoms. The van der Waals surface area contributed by atoms with E-state index in [1.54, 1.807) is 0 Å². The molecule has 0 aromatic heterocycles. The maximum atomic E-state index is 12.2. The molecule has 6 aliphatic rings. The number of aliphatic hydroxyl groups is 1. The summed E-state index contributed by atoms with van der Waals surface area (Å²) in [5, 5.41) is 11.8. The Morgan fingerprint density at radius 1 is 1.16 bits per heavy atom. The van der Waals surface area contributed by atoms with Gasteiger partial charge >= 0.3 is 0 Å². The SMILES string of the molecule is C[C@@H]1C[C@H]2[C@@H]3CC=C4CC(=O)CC[C@]4(C)[C@@]3(Cl)[C@@H](O)C[C@]2(C)[C@]12OCOC21COCO1. The molecule has 172 valence electrons. The van der Waals surface area contributed by atoms with Gasteiger partial charge in [0.15, 0.2) is 13.6 Å². The number of allylic oxidation sites excluding steroid dienone is 2. The highest BCUT2D eigenvalue weighted by atomic mass is 35.5. The van der Waals surface area contributed by atoms with Crippen molar-refractivity contribution in [3.05, 3.63) is 11.6 Å². The molecule has 6 rings (SSSR count). The lowest BCUT2D eigenvalue weighted by atomic mass is 9.45. The van der Waals surface area contributed by atoms with Crippen molar-refractivity contribution in [1.29, 1.82) is 0 Å². The van der Waals surface area contributed by atoms with E-state index in [4.69, 9.17) is 30.5 Å². The molecule has 0 aromatic carbocycles.